The topological polar surface area (TPSA) is 89.2 Å². The van der Waals surface area contributed by atoms with Crippen LogP contribution in [-0.2, 0) is 31.0 Å². The molecule has 0 radical (unpaired) electrons. The number of aromatic nitrogens is 3. The zero-order valence-electron chi connectivity index (χ0n) is 17.7. The van der Waals surface area contributed by atoms with Crippen LogP contribution in [0.5, 0.6) is 0 Å². The van der Waals surface area contributed by atoms with E-state index >= 15 is 0 Å². The number of fused-ring (bicyclic) bond motifs is 1. The highest BCUT2D eigenvalue weighted by Gasteiger charge is 2.30. The van der Waals surface area contributed by atoms with Crippen LogP contribution in [0.4, 0.5) is 0 Å². The van der Waals surface area contributed by atoms with Crippen LogP contribution in [0.15, 0.2) is 53.3 Å². The summed E-state index contributed by atoms with van der Waals surface area (Å²) in [6.07, 6.45) is 0. The molecule has 1 aromatic heterocycles. The summed E-state index contributed by atoms with van der Waals surface area (Å²) in [4.78, 5) is 39.5. The number of carbonyl (C=O) groups excluding carboxylic acids is 2. The number of carbonyl (C=O) groups is 2. The van der Waals surface area contributed by atoms with Crippen molar-refractivity contribution >= 4 is 11.8 Å². The van der Waals surface area contributed by atoms with Crippen molar-refractivity contribution in [2.45, 2.75) is 40.0 Å². The van der Waals surface area contributed by atoms with Gasteiger partial charge in [0.15, 0.2) is 0 Å². The van der Waals surface area contributed by atoms with Crippen LogP contribution in [0.1, 0.15) is 32.9 Å². The standard InChI is InChI=1S/C23H25N5O3/c1-16-6-8-18(9-7-16)13-24-20(29)15-28-23(31)27-11-10-26(22(30)21(27)25-28)14-19-5-3-4-17(2)12-19/h3-9,12H,10-11,13-15H2,1-2H3,(H,24,29). The fourth-order valence-corrected chi connectivity index (χ4v) is 3.65. The molecule has 0 bridgehead atoms. The van der Waals surface area contributed by atoms with Crippen molar-refractivity contribution in [3.05, 3.63) is 87.1 Å². The summed E-state index contributed by atoms with van der Waals surface area (Å²) < 4.78 is 2.41. The summed E-state index contributed by atoms with van der Waals surface area (Å²) in [6.45, 7) is 5.38. The molecule has 2 amide bonds. The van der Waals surface area contributed by atoms with E-state index in [2.05, 4.69) is 10.4 Å². The van der Waals surface area contributed by atoms with Crippen molar-refractivity contribution in [2.24, 2.45) is 0 Å². The van der Waals surface area contributed by atoms with Crippen molar-refractivity contribution < 1.29 is 9.59 Å². The zero-order valence-corrected chi connectivity index (χ0v) is 17.7. The molecular formula is C23H25N5O3. The van der Waals surface area contributed by atoms with E-state index in [4.69, 9.17) is 0 Å². The van der Waals surface area contributed by atoms with Crippen molar-refractivity contribution in [1.29, 1.82) is 0 Å². The fourth-order valence-electron chi connectivity index (χ4n) is 3.65. The SMILES string of the molecule is Cc1ccc(CNC(=O)Cn2nc3n(c2=O)CCN(Cc2cccc(C)c2)C3=O)cc1. The third-order valence-electron chi connectivity index (χ3n) is 5.35. The molecule has 0 fully saturated rings. The maximum atomic E-state index is 12.9. The number of hydrogen-bond donors (Lipinski definition) is 1. The Morgan fingerprint density at radius 3 is 2.52 bits per heavy atom. The van der Waals surface area contributed by atoms with Crippen molar-refractivity contribution in [3.8, 4) is 0 Å². The quantitative estimate of drug-likeness (QED) is 0.658. The Kier molecular flexibility index (Phi) is 5.70. The van der Waals surface area contributed by atoms with E-state index in [0.717, 1.165) is 26.9 Å². The van der Waals surface area contributed by atoms with E-state index in [-0.39, 0.29) is 24.2 Å². The maximum Gasteiger partial charge on any atom is 0.346 e. The number of aryl methyl sites for hydroxylation is 2. The first-order chi connectivity index (χ1) is 14.9. The second-order valence-electron chi connectivity index (χ2n) is 7.89. The Balaban J connectivity index is 1.42. The molecule has 4 rings (SSSR count). The van der Waals surface area contributed by atoms with Gasteiger partial charge in [-0.15, -0.1) is 5.10 Å². The van der Waals surface area contributed by atoms with Gasteiger partial charge in [-0.1, -0.05) is 59.7 Å². The van der Waals surface area contributed by atoms with Crippen LogP contribution >= 0.6 is 0 Å². The molecule has 0 saturated carbocycles. The second-order valence-corrected chi connectivity index (χ2v) is 7.89. The lowest BCUT2D eigenvalue weighted by molar-refractivity contribution is -0.122. The third-order valence-corrected chi connectivity index (χ3v) is 5.35. The van der Waals surface area contributed by atoms with Crippen molar-refractivity contribution in [2.75, 3.05) is 6.54 Å². The summed E-state index contributed by atoms with van der Waals surface area (Å²) in [5.41, 5.74) is 3.83. The molecule has 1 aliphatic heterocycles. The van der Waals surface area contributed by atoms with Gasteiger partial charge in [0, 0.05) is 26.2 Å². The molecule has 160 valence electrons. The highest BCUT2D eigenvalue weighted by Crippen LogP contribution is 2.14. The first kappa shape index (κ1) is 20.6. The highest BCUT2D eigenvalue weighted by molar-refractivity contribution is 5.91. The first-order valence-electron chi connectivity index (χ1n) is 10.3. The molecule has 2 heterocycles. The van der Waals surface area contributed by atoms with E-state index in [1.165, 1.54) is 4.57 Å². The monoisotopic (exact) mass is 419 g/mol. The summed E-state index contributed by atoms with van der Waals surface area (Å²) in [6, 6.07) is 15.8. The lowest BCUT2D eigenvalue weighted by atomic mass is 10.1. The molecule has 0 aliphatic carbocycles. The average molecular weight is 419 g/mol. The van der Waals surface area contributed by atoms with Gasteiger partial charge in [-0.2, -0.15) is 0 Å². The minimum absolute atomic E-state index is 0.0789. The second kappa shape index (κ2) is 8.59. The Morgan fingerprint density at radius 2 is 1.77 bits per heavy atom. The molecule has 3 aromatic rings. The highest BCUT2D eigenvalue weighted by atomic mass is 16.2. The van der Waals surface area contributed by atoms with Gasteiger partial charge in [0.05, 0.1) is 0 Å². The van der Waals surface area contributed by atoms with Crippen LogP contribution in [0.2, 0.25) is 0 Å². The number of rotatable bonds is 6. The van der Waals surface area contributed by atoms with Gasteiger partial charge in [0.25, 0.3) is 5.91 Å². The van der Waals surface area contributed by atoms with Gasteiger partial charge in [-0.25, -0.2) is 9.48 Å². The van der Waals surface area contributed by atoms with Crippen LogP contribution in [-0.4, -0.2) is 37.6 Å². The molecule has 0 atom stereocenters. The predicted molar refractivity (Wildman–Crippen MR) is 115 cm³/mol. The van der Waals surface area contributed by atoms with Crippen LogP contribution in [0.3, 0.4) is 0 Å². The smallest absolute Gasteiger partial charge is 0.346 e. The summed E-state index contributed by atoms with van der Waals surface area (Å²) >= 11 is 0. The molecule has 2 aromatic carbocycles. The van der Waals surface area contributed by atoms with Crippen LogP contribution < -0.4 is 11.0 Å². The number of hydrogen-bond acceptors (Lipinski definition) is 4. The lowest BCUT2D eigenvalue weighted by Crippen LogP contribution is -2.42. The molecule has 8 heteroatoms. The summed E-state index contributed by atoms with van der Waals surface area (Å²) in [7, 11) is 0. The largest absolute Gasteiger partial charge is 0.350 e. The number of benzene rings is 2. The minimum atomic E-state index is -0.441. The molecular weight excluding hydrogens is 394 g/mol. The molecule has 1 aliphatic rings. The van der Waals surface area contributed by atoms with E-state index in [0.29, 0.717) is 26.2 Å². The van der Waals surface area contributed by atoms with E-state index in [9.17, 15) is 14.4 Å². The van der Waals surface area contributed by atoms with Gasteiger partial charge < -0.3 is 10.2 Å². The third kappa shape index (κ3) is 4.58. The maximum absolute atomic E-state index is 12.9. The van der Waals surface area contributed by atoms with Crippen molar-refractivity contribution in [1.82, 2.24) is 24.6 Å². The summed E-state index contributed by atoms with van der Waals surface area (Å²) in [5, 5.41) is 6.95. The predicted octanol–water partition coefficient (Wildman–Crippen LogP) is 1.63. The molecule has 0 unspecified atom stereocenters. The van der Waals surface area contributed by atoms with Gasteiger partial charge in [0.2, 0.25) is 11.7 Å². The van der Waals surface area contributed by atoms with Gasteiger partial charge in [-0.05, 0) is 25.0 Å². The number of nitrogens with zero attached hydrogens (tertiary/aromatic N) is 4. The van der Waals surface area contributed by atoms with E-state index < -0.39 is 5.69 Å². The van der Waals surface area contributed by atoms with Crippen LogP contribution in [0, 0.1) is 13.8 Å². The molecule has 1 N–H and O–H groups in total. The Labute approximate surface area is 180 Å². The zero-order chi connectivity index (χ0) is 22.0. The fraction of sp³-hybridized carbons (Fsp3) is 0.304. The molecule has 8 nitrogen and oxygen atoms in total. The van der Waals surface area contributed by atoms with Crippen molar-refractivity contribution in [3.63, 3.8) is 0 Å². The Hall–Kier alpha value is -3.68. The van der Waals surface area contributed by atoms with E-state index in [1.54, 1.807) is 4.90 Å². The molecule has 0 saturated heterocycles. The lowest BCUT2D eigenvalue weighted by Gasteiger charge is -2.26. The van der Waals surface area contributed by atoms with E-state index in [1.807, 2.05) is 62.4 Å². The normalized spacial score (nSPS) is 13.2. The molecule has 0 spiro atoms. The minimum Gasteiger partial charge on any atom is -0.350 e. The first-order valence-corrected chi connectivity index (χ1v) is 10.3. The van der Waals surface area contributed by atoms with Gasteiger partial charge >= 0.3 is 5.69 Å². The average Bonchev–Trinajstić information content (AvgIpc) is 3.06. The Morgan fingerprint density at radius 1 is 1.00 bits per heavy atom. The van der Waals surface area contributed by atoms with Gasteiger partial charge in [-0.3, -0.25) is 14.2 Å². The Bertz CT molecular complexity index is 1180. The summed E-state index contributed by atoms with van der Waals surface area (Å²) in [5.74, 6) is -0.555. The molecule has 31 heavy (non-hydrogen) atoms. The van der Waals surface area contributed by atoms with Gasteiger partial charge in [0.1, 0.15) is 6.54 Å². The number of amides is 2. The van der Waals surface area contributed by atoms with Crippen LogP contribution in [0.25, 0.3) is 0 Å². The number of nitrogens with one attached hydrogen (secondary N) is 1.